The maximum atomic E-state index is 12.5. The minimum atomic E-state index is 0.191. The van der Waals surface area contributed by atoms with Gasteiger partial charge in [0.25, 0.3) is 0 Å². The summed E-state index contributed by atoms with van der Waals surface area (Å²) < 4.78 is 0. The Morgan fingerprint density at radius 1 is 1.47 bits per heavy atom. The summed E-state index contributed by atoms with van der Waals surface area (Å²) in [6.07, 6.45) is 0.960. The molecule has 2 rings (SSSR count). The lowest BCUT2D eigenvalue weighted by Crippen LogP contribution is -2.43. The molecule has 0 aromatic heterocycles. The van der Waals surface area contributed by atoms with Gasteiger partial charge >= 0.3 is 0 Å². The fraction of sp³-hybridized carbons (Fsp3) is 0.533. The van der Waals surface area contributed by atoms with Crippen molar-refractivity contribution in [1.82, 2.24) is 10.2 Å². The highest BCUT2D eigenvalue weighted by atomic mass is 16.2. The van der Waals surface area contributed by atoms with Gasteiger partial charge in [-0.1, -0.05) is 18.2 Å². The molecule has 1 aromatic rings. The number of anilines is 1. The molecular formula is C15H23N3O. The minimum absolute atomic E-state index is 0.191. The monoisotopic (exact) mass is 261 g/mol. The van der Waals surface area contributed by atoms with Crippen LogP contribution in [0.15, 0.2) is 24.3 Å². The standard InChI is InChI=1S/C15H23N3O/c1-12-10-13-6-4-5-7-14(13)18(12)15(19)11-17(3)9-8-16-2/h4-7,12,16H,8-11H2,1-3H3. The first-order valence-electron chi connectivity index (χ1n) is 6.86. The first-order valence-corrected chi connectivity index (χ1v) is 6.86. The quantitative estimate of drug-likeness (QED) is 0.862. The average molecular weight is 261 g/mol. The number of hydrogen-bond acceptors (Lipinski definition) is 3. The summed E-state index contributed by atoms with van der Waals surface area (Å²) in [6.45, 7) is 4.37. The third-order valence-corrected chi connectivity index (χ3v) is 3.62. The zero-order chi connectivity index (χ0) is 13.8. The van der Waals surface area contributed by atoms with Crippen molar-refractivity contribution in [3.8, 4) is 0 Å². The van der Waals surface area contributed by atoms with E-state index in [0.717, 1.165) is 25.2 Å². The van der Waals surface area contributed by atoms with Crippen LogP contribution in [0, 0.1) is 0 Å². The molecule has 0 aliphatic carbocycles. The van der Waals surface area contributed by atoms with Gasteiger partial charge in [0, 0.05) is 24.8 Å². The fourth-order valence-electron chi connectivity index (χ4n) is 2.63. The number of nitrogens with one attached hydrogen (secondary N) is 1. The minimum Gasteiger partial charge on any atom is -0.318 e. The topological polar surface area (TPSA) is 35.6 Å². The summed E-state index contributed by atoms with van der Waals surface area (Å²) in [5.74, 6) is 0.191. The molecule has 1 amide bonds. The van der Waals surface area contributed by atoms with Crippen LogP contribution in [-0.2, 0) is 11.2 Å². The van der Waals surface area contributed by atoms with Crippen LogP contribution in [0.5, 0.6) is 0 Å². The van der Waals surface area contributed by atoms with E-state index in [1.54, 1.807) is 0 Å². The Labute approximate surface area is 115 Å². The molecule has 1 N–H and O–H groups in total. The van der Waals surface area contributed by atoms with Crippen LogP contribution in [0.3, 0.4) is 0 Å². The molecule has 1 aromatic carbocycles. The summed E-state index contributed by atoms with van der Waals surface area (Å²) in [6, 6.07) is 8.47. The van der Waals surface area contributed by atoms with Crippen molar-refractivity contribution in [2.75, 3.05) is 38.6 Å². The lowest BCUT2D eigenvalue weighted by Gasteiger charge is -2.25. The number of benzene rings is 1. The molecule has 0 saturated carbocycles. The number of hydrogen-bond donors (Lipinski definition) is 1. The molecule has 1 unspecified atom stereocenters. The van der Waals surface area contributed by atoms with Gasteiger partial charge in [-0.2, -0.15) is 0 Å². The Balaban J connectivity index is 2.03. The molecule has 4 nitrogen and oxygen atoms in total. The summed E-state index contributed by atoms with van der Waals surface area (Å²) in [5, 5.41) is 3.10. The molecule has 1 heterocycles. The van der Waals surface area contributed by atoms with Gasteiger partial charge in [-0.05, 0) is 39.1 Å². The lowest BCUT2D eigenvalue weighted by atomic mass is 10.1. The van der Waals surface area contributed by atoms with E-state index in [1.807, 2.05) is 37.2 Å². The molecule has 0 fully saturated rings. The van der Waals surface area contributed by atoms with Crippen molar-refractivity contribution in [3.63, 3.8) is 0 Å². The third-order valence-electron chi connectivity index (χ3n) is 3.62. The highest BCUT2D eigenvalue weighted by Gasteiger charge is 2.30. The molecule has 104 valence electrons. The number of likely N-dealkylation sites (N-methyl/N-ethyl adjacent to an activating group) is 2. The highest BCUT2D eigenvalue weighted by molar-refractivity contribution is 5.97. The van der Waals surface area contributed by atoms with Crippen LogP contribution >= 0.6 is 0 Å². The second kappa shape index (κ2) is 6.17. The van der Waals surface area contributed by atoms with Crippen molar-refractivity contribution in [2.24, 2.45) is 0 Å². The van der Waals surface area contributed by atoms with Gasteiger partial charge in [0.05, 0.1) is 6.54 Å². The van der Waals surface area contributed by atoms with Gasteiger partial charge in [0.2, 0.25) is 5.91 Å². The van der Waals surface area contributed by atoms with Crippen LogP contribution in [-0.4, -0.2) is 50.6 Å². The Bertz CT molecular complexity index is 447. The Kier molecular flexibility index (Phi) is 4.56. The van der Waals surface area contributed by atoms with Crippen LogP contribution in [0.4, 0.5) is 5.69 Å². The molecule has 0 radical (unpaired) electrons. The van der Waals surface area contributed by atoms with Crippen molar-refractivity contribution in [2.45, 2.75) is 19.4 Å². The number of nitrogens with zero attached hydrogens (tertiary/aromatic N) is 2. The zero-order valence-electron chi connectivity index (χ0n) is 12.0. The van der Waals surface area contributed by atoms with E-state index in [2.05, 4.69) is 23.2 Å². The summed E-state index contributed by atoms with van der Waals surface area (Å²) in [5.41, 5.74) is 2.36. The van der Waals surface area contributed by atoms with Gasteiger partial charge < -0.3 is 10.2 Å². The van der Waals surface area contributed by atoms with Crippen molar-refractivity contribution < 1.29 is 4.79 Å². The zero-order valence-corrected chi connectivity index (χ0v) is 12.0. The second-order valence-corrected chi connectivity index (χ2v) is 5.29. The van der Waals surface area contributed by atoms with Gasteiger partial charge in [0.15, 0.2) is 0 Å². The predicted octanol–water partition coefficient (Wildman–Crippen LogP) is 1.12. The molecule has 0 saturated heterocycles. The van der Waals surface area contributed by atoms with E-state index in [0.29, 0.717) is 6.54 Å². The van der Waals surface area contributed by atoms with Crippen molar-refractivity contribution in [1.29, 1.82) is 0 Å². The predicted molar refractivity (Wildman–Crippen MR) is 78.5 cm³/mol. The Hall–Kier alpha value is -1.39. The first kappa shape index (κ1) is 14.0. The van der Waals surface area contributed by atoms with Gasteiger partial charge in [-0.3, -0.25) is 9.69 Å². The smallest absolute Gasteiger partial charge is 0.241 e. The van der Waals surface area contributed by atoms with Crippen LogP contribution in [0.25, 0.3) is 0 Å². The van der Waals surface area contributed by atoms with Gasteiger partial charge in [-0.15, -0.1) is 0 Å². The Morgan fingerprint density at radius 3 is 2.95 bits per heavy atom. The first-order chi connectivity index (χ1) is 9.13. The van der Waals surface area contributed by atoms with Crippen molar-refractivity contribution >= 4 is 11.6 Å². The largest absolute Gasteiger partial charge is 0.318 e. The molecule has 1 aliphatic rings. The Morgan fingerprint density at radius 2 is 2.21 bits per heavy atom. The second-order valence-electron chi connectivity index (χ2n) is 5.29. The lowest BCUT2D eigenvalue weighted by molar-refractivity contribution is -0.119. The molecule has 1 atom stereocenters. The van der Waals surface area contributed by atoms with E-state index in [9.17, 15) is 4.79 Å². The summed E-state index contributed by atoms with van der Waals surface area (Å²) >= 11 is 0. The van der Waals surface area contributed by atoms with Crippen LogP contribution in [0.1, 0.15) is 12.5 Å². The molecular weight excluding hydrogens is 238 g/mol. The number of amides is 1. The van der Waals surface area contributed by atoms with Crippen LogP contribution < -0.4 is 10.2 Å². The number of fused-ring (bicyclic) bond motifs is 1. The number of para-hydroxylation sites is 1. The number of rotatable bonds is 5. The SMILES string of the molecule is CNCCN(C)CC(=O)N1c2ccccc2CC1C. The number of carbonyl (C=O) groups is 1. The van der Waals surface area contributed by atoms with E-state index in [4.69, 9.17) is 0 Å². The molecule has 0 bridgehead atoms. The van der Waals surface area contributed by atoms with Crippen molar-refractivity contribution in [3.05, 3.63) is 29.8 Å². The van der Waals surface area contributed by atoms with E-state index >= 15 is 0 Å². The third kappa shape index (κ3) is 3.14. The van der Waals surface area contributed by atoms with E-state index in [1.165, 1.54) is 5.56 Å². The van der Waals surface area contributed by atoms with Gasteiger partial charge in [0.1, 0.15) is 0 Å². The maximum Gasteiger partial charge on any atom is 0.241 e. The molecule has 0 spiro atoms. The van der Waals surface area contributed by atoms with Crippen LogP contribution in [0.2, 0.25) is 0 Å². The maximum absolute atomic E-state index is 12.5. The normalized spacial score (nSPS) is 17.9. The number of carbonyl (C=O) groups excluding carboxylic acids is 1. The molecule has 19 heavy (non-hydrogen) atoms. The average Bonchev–Trinajstić information content (AvgIpc) is 2.72. The van der Waals surface area contributed by atoms with E-state index < -0.39 is 0 Å². The molecule has 1 aliphatic heterocycles. The van der Waals surface area contributed by atoms with Gasteiger partial charge in [-0.25, -0.2) is 0 Å². The fourth-order valence-corrected chi connectivity index (χ4v) is 2.63. The summed E-state index contributed by atoms with van der Waals surface area (Å²) in [7, 11) is 3.91. The summed E-state index contributed by atoms with van der Waals surface area (Å²) in [4.78, 5) is 16.5. The molecule has 4 heteroatoms. The highest BCUT2D eigenvalue weighted by Crippen LogP contribution is 2.31. The van der Waals surface area contributed by atoms with E-state index in [-0.39, 0.29) is 11.9 Å².